The Morgan fingerprint density at radius 1 is 0.386 bits per heavy atom. The number of carbonyl (C=O) groups is 2. The predicted octanol–water partition coefficient (Wildman–Crippen LogP) is 15.6. The molecule has 57 heavy (non-hydrogen) atoms. The van der Waals surface area contributed by atoms with Crippen molar-refractivity contribution < 1.29 is 37.9 Å². The van der Waals surface area contributed by atoms with Crippen LogP contribution in [0.1, 0.15) is 277 Å². The highest BCUT2D eigenvalue weighted by molar-refractivity contribution is 7.46. The van der Waals surface area contributed by atoms with E-state index in [1.807, 2.05) is 0 Å². The van der Waals surface area contributed by atoms with E-state index in [2.05, 4.69) is 18.4 Å². The van der Waals surface area contributed by atoms with E-state index in [0.717, 1.165) is 32.1 Å². The van der Waals surface area contributed by atoms with Crippen LogP contribution in [0.4, 0.5) is 0 Å². The van der Waals surface area contributed by atoms with Gasteiger partial charge in [-0.2, -0.15) is 0 Å². The molecule has 0 aromatic carbocycles. The number of carbonyl (C=O) groups excluding carboxylic acids is 2. The molecule has 0 spiro atoms. The van der Waals surface area contributed by atoms with Crippen LogP contribution in [-0.4, -0.2) is 41.0 Å². The van der Waals surface area contributed by atoms with E-state index in [0.29, 0.717) is 6.42 Å². The average molecular weight is 831 g/mol. The van der Waals surface area contributed by atoms with Crippen LogP contribution in [0.3, 0.4) is 0 Å². The summed E-state index contributed by atoms with van der Waals surface area (Å²) in [4.78, 5) is 43.0. The van der Waals surface area contributed by atoms with Crippen molar-refractivity contribution in [1.29, 1.82) is 0 Å². The molecule has 0 aromatic rings. The Bertz CT molecular complexity index is 894. The molecule has 0 aliphatic carbocycles. The Kier molecular flexibility index (Phi) is 43.9. The lowest BCUT2D eigenvalue weighted by Crippen LogP contribution is -2.29. The van der Waals surface area contributed by atoms with Crippen LogP contribution in [0, 0.1) is 0 Å². The molecule has 2 N–H and O–H groups in total. The van der Waals surface area contributed by atoms with E-state index in [4.69, 9.17) is 19.3 Å². The summed E-state index contributed by atoms with van der Waals surface area (Å²) in [5.74, 6) is -0.861. The van der Waals surface area contributed by atoms with Gasteiger partial charge in [0.2, 0.25) is 0 Å². The van der Waals surface area contributed by atoms with Crippen molar-refractivity contribution in [3.05, 3.63) is 0 Å². The molecule has 0 saturated carbocycles. The molecule has 0 saturated heterocycles. The summed E-state index contributed by atoms with van der Waals surface area (Å²) < 4.78 is 26.5. The Labute approximate surface area is 353 Å². The van der Waals surface area contributed by atoms with E-state index < -0.39 is 32.5 Å². The molecule has 0 heterocycles. The van der Waals surface area contributed by atoms with Crippen molar-refractivity contribution in [2.75, 3.05) is 13.2 Å². The van der Waals surface area contributed by atoms with Gasteiger partial charge in [0.05, 0.1) is 6.61 Å². The molecule has 8 nitrogen and oxygen atoms in total. The number of phosphoric ester groups is 1. The van der Waals surface area contributed by atoms with Crippen LogP contribution in [0.2, 0.25) is 0 Å². The summed E-state index contributed by atoms with van der Waals surface area (Å²) >= 11 is 0. The first-order valence-corrected chi connectivity index (χ1v) is 26.4. The molecule has 0 unspecified atom stereocenters. The van der Waals surface area contributed by atoms with E-state index in [-0.39, 0.29) is 19.4 Å². The number of esters is 2. The second-order valence-electron chi connectivity index (χ2n) is 17.2. The lowest BCUT2D eigenvalue weighted by molar-refractivity contribution is -0.161. The Balaban J connectivity index is 3.77. The van der Waals surface area contributed by atoms with Gasteiger partial charge in [-0.25, -0.2) is 4.57 Å². The minimum absolute atomic E-state index is 0.221. The van der Waals surface area contributed by atoms with Crippen LogP contribution in [-0.2, 0) is 28.2 Å². The summed E-state index contributed by atoms with van der Waals surface area (Å²) in [5, 5.41) is 0. The molecule has 0 rings (SSSR count). The topological polar surface area (TPSA) is 119 Å². The smallest absolute Gasteiger partial charge is 0.462 e. The highest BCUT2D eigenvalue weighted by Gasteiger charge is 2.23. The maximum atomic E-state index is 12.5. The first-order chi connectivity index (χ1) is 27.8. The fraction of sp³-hybridized carbons (Fsp3) is 0.958. The third kappa shape index (κ3) is 47.6. The molecule has 0 amide bonds. The van der Waals surface area contributed by atoms with E-state index in [9.17, 15) is 14.2 Å². The van der Waals surface area contributed by atoms with Crippen molar-refractivity contribution in [3.8, 4) is 0 Å². The van der Waals surface area contributed by atoms with Gasteiger partial charge in [-0.15, -0.1) is 0 Å². The molecule has 0 radical (unpaired) electrons. The zero-order valence-electron chi connectivity index (χ0n) is 37.8. The maximum Gasteiger partial charge on any atom is 0.469 e. The second-order valence-corrected chi connectivity index (χ2v) is 18.4. The molecule has 0 aliphatic rings. The van der Waals surface area contributed by atoms with Crippen LogP contribution in [0.15, 0.2) is 0 Å². The number of hydrogen-bond donors (Lipinski definition) is 2. The van der Waals surface area contributed by atoms with Gasteiger partial charge < -0.3 is 19.3 Å². The molecule has 9 heteroatoms. The number of phosphoric acid groups is 1. The van der Waals surface area contributed by atoms with Crippen LogP contribution >= 0.6 is 7.82 Å². The van der Waals surface area contributed by atoms with E-state index in [1.165, 1.54) is 212 Å². The normalized spacial score (nSPS) is 12.3. The summed E-state index contributed by atoms with van der Waals surface area (Å²) in [6, 6.07) is 0. The average Bonchev–Trinajstić information content (AvgIpc) is 3.18. The van der Waals surface area contributed by atoms with Crippen LogP contribution < -0.4 is 0 Å². The maximum absolute atomic E-state index is 12.5. The molecule has 0 aliphatic heterocycles. The summed E-state index contributed by atoms with van der Waals surface area (Å²) in [7, 11) is -4.75. The fourth-order valence-electron chi connectivity index (χ4n) is 7.67. The van der Waals surface area contributed by atoms with Gasteiger partial charge in [-0.1, -0.05) is 251 Å². The van der Waals surface area contributed by atoms with Crippen LogP contribution in [0.5, 0.6) is 0 Å². The molecule has 340 valence electrons. The quantitative estimate of drug-likeness (QED) is 0.0353. The Morgan fingerprint density at radius 2 is 0.632 bits per heavy atom. The first-order valence-electron chi connectivity index (χ1n) is 24.8. The fourth-order valence-corrected chi connectivity index (χ4v) is 8.03. The van der Waals surface area contributed by atoms with E-state index >= 15 is 0 Å². The molecule has 0 aromatic heterocycles. The summed E-state index contributed by atoms with van der Waals surface area (Å²) in [6.07, 6.45) is 49.8. The minimum atomic E-state index is -4.75. The summed E-state index contributed by atoms with van der Waals surface area (Å²) in [6.45, 7) is 3.75. The second kappa shape index (κ2) is 44.6. The van der Waals surface area contributed by atoms with Crippen molar-refractivity contribution in [2.24, 2.45) is 0 Å². The number of ether oxygens (including phenoxy) is 2. The van der Waals surface area contributed by atoms with E-state index in [1.54, 1.807) is 0 Å². The van der Waals surface area contributed by atoms with Gasteiger partial charge in [0.1, 0.15) is 6.61 Å². The lowest BCUT2D eigenvalue weighted by Gasteiger charge is -2.18. The van der Waals surface area contributed by atoms with Crippen molar-refractivity contribution in [3.63, 3.8) is 0 Å². The molecular formula is C48H95O8P. The van der Waals surface area contributed by atoms with Gasteiger partial charge in [0, 0.05) is 12.8 Å². The third-order valence-corrected chi connectivity index (χ3v) is 11.9. The zero-order valence-corrected chi connectivity index (χ0v) is 38.7. The molecule has 0 bridgehead atoms. The molecule has 1 atom stereocenters. The third-order valence-electron chi connectivity index (χ3n) is 11.4. The van der Waals surface area contributed by atoms with Crippen LogP contribution in [0.25, 0.3) is 0 Å². The number of unbranched alkanes of at least 4 members (excludes halogenated alkanes) is 37. The first kappa shape index (κ1) is 56.0. The summed E-state index contributed by atoms with van der Waals surface area (Å²) in [5.41, 5.74) is 0. The standard InChI is InChI=1S/C48H95O8P/c1-3-5-7-9-11-13-15-17-19-21-23-25-26-28-30-32-34-36-38-40-42-47(49)54-44-46(45-55-57(51,52)53)56-48(50)43-41-39-37-35-33-31-29-27-24-22-20-18-16-14-12-10-8-6-4-2/h46H,3-45H2,1-2H3,(H2,51,52,53)/t46-/m1/s1. The van der Waals surface area contributed by atoms with Gasteiger partial charge in [-0.3, -0.25) is 14.1 Å². The van der Waals surface area contributed by atoms with Crippen molar-refractivity contribution in [2.45, 2.75) is 283 Å². The Morgan fingerprint density at radius 3 is 0.895 bits per heavy atom. The van der Waals surface area contributed by atoms with Gasteiger partial charge in [0.25, 0.3) is 0 Å². The number of hydrogen-bond acceptors (Lipinski definition) is 6. The SMILES string of the molecule is CCCCCCCCCCCCCCCCCCCCCCC(=O)OC[C@H](COP(=O)(O)O)OC(=O)CCCCCCCCCCCCCCCCCCCCC. The van der Waals surface area contributed by atoms with Gasteiger partial charge in [0.15, 0.2) is 6.10 Å². The largest absolute Gasteiger partial charge is 0.469 e. The minimum Gasteiger partial charge on any atom is -0.462 e. The zero-order chi connectivity index (χ0) is 41.8. The highest BCUT2D eigenvalue weighted by Crippen LogP contribution is 2.36. The Hall–Kier alpha value is -0.950. The monoisotopic (exact) mass is 831 g/mol. The predicted molar refractivity (Wildman–Crippen MR) is 239 cm³/mol. The molecular weight excluding hydrogens is 735 g/mol. The highest BCUT2D eigenvalue weighted by atomic mass is 31.2. The number of rotatable bonds is 47. The van der Waals surface area contributed by atoms with Gasteiger partial charge in [-0.05, 0) is 12.8 Å². The van der Waals surface area contributed by atoms with Gasteiger partial charge >= 0.3 is 19.8 Å². The lowest BCUT2D eigenvalue weighted by atomic mass is 10.0. The molecule has 0 fully saturated rings. The van der Waals surface area contributed by atoms with Crippen molar-refractivity contribution >= 4 is 19.8 Å². The van der Waals surface area contributed by atoms with Crippen molar-refractivity contribution in [1.82, 2.24) is 0 Å².